The Labute approximate surface area is 313 Å². The van der Waals surface area contributed by atoms with Crippen molar-refractivity contribution < 1.29 is 0 Å². The summed E-state index contributed by atoms with van der Waals surface area (Å²) in [6.07, 6.45) is 0. The molecule has 54 heavy (non-hydrogen) atoms. The summed E-state index contributed by atoms with van der Waals surface area (Å²) in [6.45, 7) is 0. The molecule has 0 saturated carbocycles. The molecule has 3 heteroatoms. The Hall–Kier alpha value is -7.23. The van der Waals surface area contributed by atoms with Crippen molar-refractivity contribution in [1.29, 1.82) is 0 Å². The van der Waals surface area contributed by atoms with Gasteiger partial charge in [0.25, 0.3) is 0 Å². The van der Waals surface area contributed by atoms with Crippen molar-refractivity contribution in [3.63, 3.8) is 0 Å². The first-order valence-corrected chi connectivity index (χ1v) is 18.3. The van der Waals surface area contributed by atoms with Crippen molar-refractivity contribution in [3.05, 3.63) is 200 Å². The molecule has 10 rings (SSSR count). The normalized spacial score (nSPS) is 11.3. The van der Waals surface area contributed by atoms with Crippen LogP contribution in [-0.4, -0.2) is 15.0 Å². The zero-order valence-electron chi connectivity index (χ0n) is 29.4. The fourth-order valence-electron chi connectivity index (χ4n) is 7.42. The SMILES string of the molecule is c1ccc(-c2ccc3cc(-c4nc(-c5ccc(-c6ccc(-c7cccc8ccccc78)cc6)cc5)nc(-c5ccc6ccccc6c5)n4)ccc3c2)cc1. The van der Waals surface area contributed by atoms with Gasteiger partial charge in [0.05, 0.1) is 0 Å². The smallest absolute Gasteiger partial charge is 0.164 e. The number of fused-ring (bicyclic) bond motifs is 3. The van der Waals surface area contributed by atoms with E-state index in [1.807, 2.05) is 6.07 Å². The second-order valence-electron chi connectivity index (χ2n) is 13.7. The standard InChI is InChI=1S/C51H33N3/c1-2-9-34(10-3-1)42-26-27-44-33-46(30-28-43(44)31-42)51-53-49(52-50(54-51)45-29-21-35-11-4-5-13-41(35)32-45)40-24-19-37(20-25-40)36-17-22-39(23-18-36)48-16-8-14-38-12-6-7-15-47(38)48/h1-33H. The predicted octanol–water partition coefficient (Wildman–Crippen LogP) is 13.3. The summed E-state index contributed by atoms with van der Waals surface area (Å²) in [5.41, 5.74) is 9.98. The molecule has 0 spiro atoms. The molecule has 0 aliphatic carbocycles. The minimum absolute atomic E-state index is 0.639. The van der Waals surface area contributed by atoms with Crippen LogP contribution in [-0.2, 0) is 0 Å². The van der Waals surface area contributed by atoms with Gasteiger partial charge >= 0.3 is 0 Å². The Morgan fingerprint density at radius 2 is 0.630 bits per heavy atom. The van der Waals surface area contributed by atoms with Gasteiger partial charge in [0.1, 0.15) is 0 Å². The van der Waals surface area contributed by atoms with E-state index in [9.17, 15) is 0 Å². The molecule has 1 heterocycles. The Morgan fingerprint density at radius 3 is 1.30 bits per heavy atom. The first-order valence-electron chi connectivity index (χ1n) is 18.3. The molecule has 0 atom stereocenters. The molecule has 0 radical (unpaired) electrons. The molecule has 9 aromatic carbocycles. The third-order valence-electron chi connectivity index (χ3n) is 10.3. The number of nitrogens with zero attached hydrogens (tertiary/aromatic N) is 3. The topological polar surface area (TPSA) is 38.7 Å². The fraction of sp³-hybridized carbons (Fsp3) is 0. The summed E-state index contributed by atoms with van der Waals surface area (Å²) < 4.78 is 0. The lowest BCUT2D eigenvalue weighted by Gasteiger charge is -2.11. The van der Waals surface area contributed by atoms with Crippen molar-refractivity contribution >= 4 is 32.3 Å². The van der Waals surface area contributed by atoms with Crippen LogP contribution in [0.15, 0.2) is 200 Å². The van der Waals surface area contributed by atoms with Gasteiger partial charge in [-0.1, -0.05) is 182 Å². The molecule has 0 aliphatic heterocycles. The van der Waals surface area contributed by atoms with Crippen LogP contribution in [0.25, 0.3) is 99.9 Å². The van der Waals surface area contributed by atoms with Crippen molar-refractivity contribution in [1.82, 2.24) is 15.0 Å². The summed E-state index contributed by atoms with van der Waals surface area (Å²) in [4.78, 5) is 15.2. The van der Waals surface area contributed by atoms with E-state index in [-0.39, 0.29) is 0 Å². The zero-order chi connectivity index (χ0) is 35.8. The highest BCUT2D eigenvalue weighted by Crippen LogP contribution is 2.33. The van der Waals surface area contributed by atoms with Gasteiger partial charge in [-0.2, -0.15) is 0 Å². The van der Waals surface area contributed by atoms with Gasteiger partial charge in [-0.05, 0) is 83.9 Å². The van der Waals surface area contributed by atoms with Gasteiger partial charge in [0.2, 0.25) is 0 Å². The monoisotopic (exact) mass is 687 g/mol. The summed E-state index contributed by atoms with van der Waals surface area (Å²) in [6, 6.07) is 70.7. The largest absolute Gasteiger partial charge is 0.208 e. The summed E-state index contributed by atoms with van der Waals surface area (Å²) >= 11 is 0. The highest BCUT2D eigenvalue weighted by molar-refractivity contribution is 5.97. The van der Waals surface area contributed by atoms with Crippen molar-refractivity contribution in [2.45, 2.75) is 0 Å². The molecular formula is C51H33N3. The van der Waals surface area contributed by atoms with Crippen LogP contribution in [0, 0.1) is 0 Å². The third-order valence-corrected chi connectivity index (χ3v) is 10.3. The number of hydrogen-bond acceptors (Lipinski definition) is 3. The van der Waals surface area contributed by atoms with E-state index in [4.69, 9.17) is 15.0 Å². The Morgan fingerprint density at radius 1 is 0.222 bits per heavy atom. The van der Waals surface area contributed by atoms with Crippen LogP contribution in [0.4, 0.5) is 0 Å². The molecular weight excluding hydrogens is 655 g/mol. The van der Waals surface area contributed by atoms with Crippen LogP contribution in [0.3, 0.4) is 0 Å². The van der Waals surface area contributed by atoms with Gasteiger partial charge in [-0.25, -0.2) is 15.0 Å². The molecule has 0 aliphatic rings. The van der Waals surface area contributed by atoms with Crippen molar-refractivity contribution in [3.8, 4) is 67.5 Å². The molecule has 0 saturated heterocycles. The minimum atomic E-state index is 0.639. The van der Waals surface area contributed by atoms with Gasteiger partial charge < -0.3 is 0 Å². The first kappa shape index (κ1) is 31.5. The first-order chi connectivity index (χ1) is 26.7. The molecule has 3 nitrogen and oxygen atoms in total. The molecule has 0 fully saturated rings. The van der Waals surface area contributed by atoms with Gasteiger partial charge in [0, 0.05) is 16.7 Å². The molecule has 252 valence electrons. The van der Waals surface area contributed by atoms with Gasteiger partial charge in [-0.15, -0.1) is 0 Å². The zero-order valence-corrected chi connectivity index (χ0v) is 29.4. The van der Waals surface area contributed by atoms with E-state index >= 15 is 0 Å². The lowest BCUT2D eigenvalue weighted by molar-refractivity contribution is 1.08. The number of benzene rings is 9. The van der Waals surface area contributed by atoms with Crippen LogP contribution < -0.4 is 0 Å². The lowest BCUT2D eigenvalue weighted by atomic mass is 9.96. The van der Waals surface area contributed by atoms with E-state index < -0.39 is 0 Å². The number of aromatic nitrogens is 3. The van der Waals surface area contributed by atoms with E-state index in [1.165, 1.54) is 43.8 Å². The third kappa shape index (κ3) is 5.98. The van der Waals surface area contributed by atoms with Crippen LogP contribution >= 0.6 is 0 Å². The lowest BCUT2D eigenvalue weighted by Crippen LogP contribution is -2.00. The highest BCUT2D eigenvalue weighted by atomic mass is 15.0. The van der Waals surface area contributed by atoms with Crippen molar-refractivity contribution in [2.75, 3.05) is 0 Å². The molecule has 0 unspecified atom stereocenters. The molecule has 0 amide bonds. The van der Waals surface area contributed by atoms with Crippen LogP contribution in [0.1, 0.15) is 0 Å². The summed E-state index contributed by atoms with van der Waals surface area (Å²) in [5.74, 6) is 1.93. The predicted molar refractivity (Wildman–Crippen MR) is 225 cm³/mol. The maximum Gasteiger partial charge on any atom is 0.164 e. The second-order valence-corrected chi connectivity index (χ2v) is 13.7. The van der Waals surface area contributed by atoms with E-state index in [0.717, 1.165) is 38.6 Å². The Balaban J connectivity index is 1.02. The Bertz CT molecular complexity index is 2960. The Kier molecular flexibility index (Phi) is 7.81. The molecule has 0 bridgehead atoms. The number of hydrogen-bond donors (Lipinski definition) is 0. The number of rotatable bonds is 6. The van der Waals surface area contributed by atoms with E-state index in [1.54, 1.807) is 0 Å². The average Bonchev–Trinajstić information content (AvgIpc) is 3.26. The molecule has 10 aromatic rings. The van der Waals surface area contributed by atoms with E-state index in [2.05, 4.69) is 194 Å². The van der Waals surface area contributed by atoms with E-state index in [0.29, 0.717) is 17.5 Å². The molecule has 0 N–H and O–H groups in total. The van der Waals surface area contributed by atoms with Crippen molar-refractivity contribution in [2.24, 2.45) is 0 Å². The fourth-order valence-corrected chi connectivity index (χ4v) is 7.42. The summed E-state index contributed by atoms with van der Waals surface area (Å²) in [7, 11) is 0. The van der Waals surface area contributed by atoms with Gasteiger partial charge in [-0.3, -0.25) is 0 Å². The summed E-state index contributed by atoms with van der Waals surface area (Å²) in [5, 5.41) is 7.15. The maximum absolute atomic E-state index is 5.08. The molecule has 1 aromatic heterocycles. The van der Waals surface area contributed by atoms with Crippen LogP contribution in [0.5, 0.6) is 0 Å². The van der Waals surface area contributed by atoms with Gasteiger partial charge in [0.15, 0.2) is 17.5 Å². The average molecular weight is 688 g/mol. The quantitative estimate of drug-likeness (QED) is 0.175. The highest BCUT2D eigenvalue weighted by Gasteiger charge is 2.14. The maximum atomic E-state index is 5.08. The minimum Gasteiger partial charge on any atom is -0.208 e. The van der Waals surface area contributed by atoms with Crippen LogP contribution in [0.2, 0.25) is 0 Å². The second kappa shape index (κ2) is 13.4.